The Hall–Kier alpha value is -1.94. The first-order valence-electron chi connectivity index (χ1n) is 38.2. The summed E-state index contributed by atoms with van der Waals surface area (Å²) < 4.78 is 68.4. The maximum Gasteiger partial charge on any atom is 0.472 e. The Bertz CT molecular complexity index is 1830. The van der Waals surface area contributed by atoms with E-state index < -0.39 is 97.5 Å². The highest BCUT2D eigenvalue weighted by atomic mass is 31.2. The summed E-state index contributed by atoms with van der Waals surface area (Å²) in [6.45, 7) is 14.1. The Morgan fingerprint density at radius 3 is 0.667 bits per heavy atom. The number of carbonyl (C=O) groups is 4. The van der Waals surface area contributed by atoms with Crippen LogP contribution in [0.1, 0.15) is 370 Å². The highest BCUT2D eigenvalue weighted by Gasteiger charge is 2.30. The highest BCUT2D eigenvalue weighted by molar-refractivity contribution is 7.47. The molecule has 0 aliphatic heterocycles. The van der Waals surface area contributed by atoms with Gasteiger partial charge in [0.15, 0.2) is 12.2 Å². The summed E-state index contributed by atoms with van der Waals surface area (Å²) in [4.78, 5) is 72.6. The summed E-state index contributed by atoms with van der Waals surface area (Å²) in [6.07, 6.45) is 47.5. The van der Waals surface area contributed by atoms with Crippen LogP contribution in [0, 0.1) is 23.7 Å². The number of esters is 4. The monoisotopic (exact) mass is 1370 g/mol. The number of aliphatic hydroxyl groups is 1. The van der Waals surface area contributed by atoms with Gasteiger partial charge >= 0.3 is 39.5 Å². The summed E-state index contributed by atoms with van der Waals surface area (Å²) in [5.41, 5.74) is 0. The fourth-order valence-electron chi connectivity index (χ4n) is 11.2. The Morgan fingerprint density at radius 1 is 0.269 bits per heavy atom. The van der Waals surface area contributed by atoms with Crippen LogP contribution in [0.25, 0.3) is 0 Å². The Labute approximate surface area is 568 Å². The van der Waals surface area contributed by atoms with Crippen LogP contribution in [0.3, 0.4) is 0 Å². The molecule has 0 spiro atoms. The normalized spacial score (nSPS) is 14.2. The van der Waals surface area contributed by atoms with Gasteiger partial charge in [0, 0.05) is 25.7 Å². The molecule has 0 bridgehead atoms. The lowest BCUT2D eigenvalue weighted by molar-refractivity contribution is -0.161. The minimum Gasteiger partial charge on any atom is -0.462 e. The van der Waals surface area contributed by atoms with Crippen LogP contribution in [0.2, 0.25) is 0 Å². The van der Waals surface area contributed by atoms with Crippen molar-refractivity contribution in [1.82, 2.24) is 0 Å². The number of carbonyl (C=O) groups excluding carboxylic acids is 4. The van der Waals surface area contributed by atoms with Gasteiger partial charge in [-0.1, -0.05) is 319 Å². The molecule has 0 rings (SSSR count). The third-order valence-electron chi connectivity index (χ3n) is 17.1. The van der Waals surface area contributed by atoms with E-state index in [9.17, 15) is 43.2 Å². The Balaban J connectivity index is 5.17. The van der Waals surface area contributed by atoms with E-state index in [1.807, 2.05) is 0 Å². The summed E-state index contributed by atoms with van der Waals surface area (Å²) >= 11 is 0. The standard InChI is InChI=1S/C74H144O17P2/c1-64(2)50-42-34-26-21-17-13-9-11-15-19-23-29-38-46-54-71(76)84-61-70(91-74(79)57-49-41-33-32-37-45-53-67(7)8)63-89-93(82,83)87-59-68(75)58-86-92(80,81)88-62-69(60-85-72(77)55-47-39-31-25-28-36-44-52-66(5)6)90-73(78)56-48-40-30-24-20-16-12-10-14-18-22-27-35-43-51-65(3)4/h64-70,75H,9-63H2,1-8H3,(H,80,81)(H,82,83)/t68?,69-,70-/m1/s1. The van der Waals surface area contributed by atoms with Gasteiger partial charge in [-0.05, 0) is 49.4 Å². The van der Waals surface area contributed by atoms with Crippen LogP contribution < -0.4 is 0 Å². The molecule has 0 aromatic carbocycles. The Morgan fingerprint density at radius 2 is 0.452 bits per heavy atom. The van der Waals surface area contributed by atoms with Crippen LogP contribution in [0.15, 0.2) is 0 Å². The van der Waals surface area contributed by atoms with Crippen molar-refractivity contribution < 1.29 is 80.2 Å². The number of rotatable bonds is 71. The molecule has 0 amide bonds. The second-order valence-corrected chi connectivity index (χ2v) is 31.5. The van der Waals surface area contributed by atoms with Gasteiger partial charge in [0.25, 0.3) is 0 Å². The number of phosphoric acid groups is 2. The number of hydrogen-bond acceptors (Lipinski definition) is 15. The largest absolute Gasteiger partial charge is 0.472 e. The fraction of sp³-hybridized carbons (Fsp3) is 0.946. The van der Waals surface area contributed by atoms with Crippen LogP contribution >= 0.6 is 15.6 Å². The van der Waals surface area contributed by atoms with Crippen molar-refractivity contribution in [3.63, 3.8) is 0 Å². The molecule has 552 valence electrons. The topological polar surface area (TPSA) is 237 Å². The zero-order valence-electron chi connectivity index (χ0n) is 60.9. The van der Waals surface area contributed by atoms with E-state index in [0.29, 0.717) is 37.5 Å². The second kappa shape index (κ2) is 63.5. The summed E-state index contributed by atoms with van der Waals surface area (Å²) in [7, 11) is -9.91. The number of ether oxygens (including phenoxy) is 4. The van der Waals surface area contributed by atoms with Gasteiger partial charge in [0.05, 0.1) is 26.4 Å². The molecule has 0 heterocycles. The maximum absolute atomic E-state index is 13.0. The molecule has 0 saturated heterocycles. The highest BCUT2D eigenvalue weighted by Crippen LogP contribution is 2.45. The molecule has 17 nitrogen and oxygen atoms in total. The molecular formula is C74H144O17P2. The Kier molecular flexibility index (Phi) is 62.2. The van der Waals surface area contributed by atoms with Gasteiger partial charge in [0.1, 0.15) is 19.3 Å². The van der Waals surface area contributed by atoms with E-state index in [1.54, 1.807) is 0 Å². The first kappa shape index (κ1) is 91.1. The molecule has 5 atom stereocenters. The van der Waals surface area contributed by atoms with Crippen molar-refractivity contribution in [3.8, 4) is 0 Å². The lowest BCUT2D eigenvalue weighted by Crippen LogP contribution is -2.30. The van der Waals surface area contributed by atoms with E-state index in [4.69, 9.17) is 37.0 Å². The van der Waals surface area contributed by atoms with Gasteiger partial charge < -0.3 is 33.8 Å². The quantitative estimate of drug-likeness (QED) is 0.0222. The smallest absolute Gasteiger partial charge is 0.462 e. The van der Waals surface area contributed by atoms with E-state index in [2.05, 4.69) is 55.4 Å². The van der Waals surface area contributed by atoms with E-state index in [1.165, 1.54) is 167 Å². The fourth-order valence-corrected chi connectivity index (χ4v) is 12.8. The average Bonchev–Trinajstić information content (AvgIpc) is 3.70. The van der Waals surface area contributed by atoms with Crippen molar-refractivity contribution >= 4 is 39.5 Å². The van der Waals surface area contributed by atoms with Gasteiger partial charge in [-0.15, -0.1) is 0 Å². The summed E-state index contributed by atoms with van der Waals surface area (Å²) in [6, 6.07) is 0. The number of unbranched alkanes of at least 4 members (excludes halogenated alkanes) is 37. The molecule has 3 unspecified atom stereocenters. The van der Waals surface area contributed by atoms with Gasteiger partial charge in [0.2, 0.25) is 0 Å². The van der Waals surface area contributed by atoms with Crippen molar-refractivity contribution in [2.75, 3.05) is 39.6 Å². The summed E-state index contributed by atoms with van der Waals surface area (Å²) in [5.74, 6) is 0.840. The van der Waals surface area contributed by atoms with Crippen LogP contribution in [-0.4, -0.2) is 96.7 Å². The summed E-state index contributed by atoms with van der Waals surface area (Å²) in [5, 5.41) is 10.6. The first-order valence-corrected chi connectivity index (χ1v) is 41.2. The van der Waals surface area contributed by atoms with Crippen molar-refractivity contribution in [2.45, 2.75) is 388 Å². The van der Waals surface area contributed by atoms with Gasteiger partial charge in [-0.3, -0.25) is 37.3 Å². The molecule has 0 saturated carbocycles. The van der Waals surface area contributed by atoms with Crippen LogP contribution in [-0.2, 0) is 65.4 Å². The maximum atomic E-state index is 13.0. The number of aliphatic hydroxyl groups excluding tert-OH is 1. The van der Waals surface area contributed by atoms with E-state index in [-0.39, 0.29) is 25.7 Å². The molecule has 93 heavy (non-hydrogen) atoms. The molecule has 0 aromatic heterocycles. The van der Waals surface area contributed by atoms with Gasteiger partial charge in [-0.25, -0.2) is 9.13 Å². The zero-order chi connectivity index (χ0) is 68.9. The first-order chi connectivity index (χ1) is 44.6. The average molecular weight is 1370 g/mol. The molecule has 0 fully saturated rings. The number of hydrogen-bond donors (Lipinski definition) is 3. The minimum atomic E-state index is -4.95. The van der Waals surface area contributed by atoms with Crippen molar-refractivity contribution in [1.29, 1.82) is 0 Å². The number of phosphoric ester groups is 2. The lowest BCUT2D eigenvalue weighted by Gasteiger charge is -2.21. The lowest BCUT2D eigenvalue weighted by atomic mass is 10.0. The third kappa shape index (κ3) is 68.4. The predicted molar refractivity (Wildman–Crippen MR) is 377 cm³/mol. The van der Waals surface area contributed by atoms with Crippen molar-refractivity contribution in [3.05, 3.63) is 0 Å². The van der Waals surface area contributed by atoms with Crippen LogP contribution in [0.4, 0.5) is 0 Å². The van der Waals surface area contributed by atoms with E-state index in [0.717, 1.165) is 108 Å². The molecule has 0 aliphatic rings. The molecule has 0 radical (unpaired) electrons. The molecule has 0 aliphatic carbocycles. The SMILES string of the molecule is CC(C)CCCCCCCCCCCCCCCCC(=O)OC[C@H](COP(=O)(O)OCC(O)COP(=O)(O)OC[C@@H](COC(=O)CCCCCCCCCC(C)C)OC(=O)CCCCCCCCCCCCCCCCC(C)C)OC(=O)CCCCCCCCC(C)C. The zero-order valence-corrected chi connectivity index (χ0v) is 62.7. The molecular weight excluding hydrogens is 1220 g/mol. The van der Waals surface area contributed by atoms with Gasteiger partial charge in [-0.2, -0.15) is 0 Å². The molecule has 3 N–H and O–H groups in total. The van der Waals surface area contributed by atoms with E-state index >= 15 is 0 Å². The molecule has 19 heteroatoms. The second-order valence-electron chi connectivity index (χ2n) is 28.6. The minimum absolute atomic E-state index is 0.102. The predicted octanol–water partition coefficient (Wildman–Crippen LogP) is 21.3. The third-order valence-corrected chi connectivity index (χ3v) is 19.0. The van der Waals surface area contributed by atoms with Crippen LogP contribution in [0.5, 0.6) is 0 Å². The molecule has 0 aromatic rings. The van der Waals surface area contributed by atoms with Crippen molar-refractivity contribution in [2.24, 2.45) is 23.7 Å².